The summed E-state index contributed by atoms with van der Waals surface area (Å²) in [6.45, 7) is -0.126. The third kappa shape index (κ3) is 3.92. The van der Waals surface area contributed by atoms with Crippen LogP contribution in [0.3, 0.4) is 0 Å². The number of halogens is 3. The number of benzene rings is 1. The van der Waals surface area contributed by atoms with Gasteiger partial charge in [-0.25, -0.2) is 4.79 Å². The van der Waals surface area contributed by atoms with Crippen molar-refractivity contribution in [2.45, 2.75) is 6.61 Å². The highest BCUT2D eigenvalue weighted by Crippen LogP contribution is 2.30. The Morgan fingerprint density at radius 2 is 2.04 bits per heavy atom. The Kier molecular flexibility index (Phi) is 5.01. The van der Waals surface area contributed by atoms with E-state index in [1.165, 1.54) is 29.5 Å². The maximum Gasteiger partial charge on any atom is 0.338 e. The van der Waals surface area contributed by atoms with Crippen molar-refractivity contribution < 1.29 is 13.9 Å². The van der Waals surface area contributed by atoms with Gasteiger partial charge >= 0.3 is 5.97 Å². The molecule has 3 aromatic rings. The van der Waals surface area contributed by atoms with Gasteiger partial charge in [0.05, 0.1) is 24.3 Å². The minimum absolute atomic E-state index is 0.126. The molecule has 0 aliphatic carbocycles. The number of nitrogens with zero attached hydrogens (tertiary/aromatic N) is 2. The van der Waals surface area contributed by atoms with E-state index >= 15 is 0 Å². The number of carbonyl (C=O) groups excluding carboxylic acids is 1. The van der Waals surface area contributed by atoms with Gasteiger partial charge < -0.3 is 9.15 Å². The summed E-state index contributed by atoms with van der Waals surface area (Å²) in [4.78, 5) is 12.8. The highest BCUT2D eigenvalue weighted by molar-refractivity contribution is 9.11. The third-order valence-corrected chi connectivity index (χ3v) is 5.08. The molecule has 0 radical (unpaired) electrons. The molecule has 0 saturated heterocycles. The highest BCUT2D eigenvalue weighted by Gasteiger charge is 2.14. The molecule has 5 nitrogen and oxygen atoms in total. The van der Waals surface area contributed by atoms with Gasteiger partial charge in [0.25, 0.3) is 11.8 Å². The van der Waals surface area contributed by atoms with Gasteiger partial charge in [0.15, 0.2) is 6.61 Å². The molecule has 0 bridgehead atoms. The molecule has 3 rings (SSSR count). The number of hydrogen-bond donors (Lipinski definition) is 0. The molecule has 2 aromatic heterocycles. The summed E-state index contributed by atoms with van der Waals surface area (Å²) in [5.74, 6) is 0.0291. The Bertz CT molecular complexity index is 865. The smallest absolute Gasteiger partial charge is 0.338 e. The Hall–Kier alpha value is -1.41. The van der Waals surface area contributed by atoms with E-state index in [9.17, 15) is 4.79 Å². The summed E-state index contributed by atoms with van der Waals surface area (Å²) < 4.78 is 11.5. The number of esters is 1. The molecule has 0 saturated carbocycles. The molecule has 9 heteroatoms. The number of hydrogen-bond acceptors (Lipinski definition) is 6. The van der Waals surface area contributed by atoms with Gasteiger partial charge in [-0.05, 0) is 46.3 Å². The average molecular weight is 434 g/mol. The first-order chi connectivity index (χ1) is 11.0. The fourth-order valence-electron chi connectivity index (χ4n) is 1.67. The van der Waals surface area contributed by atoms with Crippen molar-refractivity contribution in [1.29, 1.82) is 0 Å². The molecule has 0 aliphatic rings. The van der Waals surface area contributed by atoms with Crippen molar-refractivity contribution in [2.75, 3.05) is 0 Å². The first-order valence-corrected chi connectivity index (χ1v) is 8.60. The van der Waals surface area contributed by atoms with E-state index in [4.69, 9.17) is 32.4 Å². The molecule has 0 atom stereocenters. The molecule has 0 spiro atoms. The van der Waals surface area contributed by atoms with Crippen LogP contribution in [0.5, 0.6) is 0 Å². The maximum absolute atomic E-state index is 11.9. The summed E-state index contributed by atoms with van der Waals surface area (Å²) in [6.07, 6.45) is 0. The zero-order valence-corrected chi connectivity index (χ0v) is 15.2. The summed E-state index contributed by atoms with van der Waals surface area (Å²) in [6, 6.07) is 8.23. The minimum Gasteiger partial charge on any atom is -0.452 e. The lowest BCUT2D eigenvalue weighted by Crippen LogP contribution is -2.05. The van der Waals surface area contributed by atoms with Crippen LogP contribution in [0.25, 0.3) is 10.8 Å². The monoisotopic (exact) mass is 432 g/mol. The van der Waals surface area contributed by atoms with Crippen LogP contribution in [-0.4, -0.2) is 16.2 Å². The summed E-state index contributed by atoms with van der Waals surface area (Å²) >= 11 is 16.5. The largest absolute Gasteiger partial charge is 0.452 e. The molecular weight excluding hydrogens is 427 g/mol. The molecule has 2 heterocycles. The van der Waals surface area contributed by atoms with Gasteiger partial charge in [-0.3, -0.25) is 0 Å². The molecule has 0 fully saturated rings. The zero-order chi connectivity index (χ0) is 16.4. The molecule has 118 valence electrons. The Morgan fingerprint density at radius 3 is 2.74 bits per heavy atom. The van der Waals surface area contributed by atoms with Crippen LogP contribution >= 0.6 is 50.5 Å². The lowest BCUT2D eigenvalue weighted by molar-refractivity contribution is 0.0438. The van der Waals surface area contributed by atoms with Crippen LogP contribution in [0.1, 0.15) is 16.2 Å². The molecule has 23 heavy (non-hydrogen) atoms. The number of rotatable bonds is 4. The molecule has 0 N–H and O–H groups in total. The summed E-state index contributed by atoms with van der Waals surface area (Å²) in [7, 11) is 0. The van der Waals surface area contributed by atoms with Crippen LogP contribution in [-0.2, 0) is 11.3 Å². The molecule has 0 unspecified atom stereocenters. The van der Waals surface area contributed by atoms with Crippen molar-refractivity contribution >= 4 is 56.4 Å². The van der Waals surface area contributed by atoms with Gasteiger partial charge in [-0.15, -0.1) is 21.5 Å². The second-order valence-corrected chi connectivity index (χ2v) is 7.59. The van der Waals surface area contributed by atoms with Crippen molar-refractivity contribution in [3.05, 3.63) is 55.6 Å². The number of carbonyl (C=O) groups is 1. The minimum atomic E-state index is -0.554. The first-order valence-electron chi connectivity index (χ1n) is 6.23. The summed E-state index contributed by atoms with van der Waals surface area (Å²) in [5.41, 5.74) is 0.293. The second-order valence-electron chi connectivity index (χ2n) is 4.31. The highest BCUT2D eigenvalue weighted by atomic mass is 79.9. The van der Waals surface area contributed by atoms with E-state index in [0.29, 0.717) is 16.5 Å². The number of thiophene rings is 1. The molecular formula is C14H7BrCl2N2O3S. The van der Waals surface area contributed by atoms with Crippen LogP contribution < -0.4 is 0 Å². The van der Waals surface area contributed by atoms with Gasteiger partial charge in [0.2, 0.25) is 0 Å². The predicted molar refractivity (Wildman–Crippen MR) is 90.9 cm³/mol. The second kappa shape index (κ2) is 7.00. The van der Waals surface area contributed by atoms with Crippen LogP contribution in [0, 0.1) is 0 Å². The quantitative estimate of drug-likeness (QED) is 0.527. The van der Waals surface area contributed by atoms with Gasteiger partial charge in [-0.2, -0.15) is 0 Å². The van der Waals surface area contributed by atoms with Crippen LogP contribution in [0.4, 0.5) is 0 Å². The van der Waals surface area contributed by atoms with E-state index in [1.54, 1.807) is 0 Å². The van der Waals surface area contributed by atoms with Crippen molar-refractivity contribution in [3.63, 3.8) is 0 Å². The predicted octanol–water partition coefficient (Wildman–Crippen LogP) is 5.22. The maximum atomic E-state index is 11.9. The van der Waals surface area contributed by atoms with E-state index in [0.717, 1.165) is 8.66 Å². The van der Waals surface area contributed by atoms with Gasteiger partial charge in [-0.1, -0.05) is 23.2 Å². The molecule has 1 aromatic carbocycles. The van der Waals surface area contributed by atoms with E-state index in [1.807, 2.05) is 12.1 Å². The van der Waals surface area contributed by atoms with Crippen molar-refractivity contribution in [3.8, 4) is 10.8 Å². The van der Waals surface area contributed by atoms with E-state index in [-0.39, 0.29) is 17.5 Å². The van der Waals surface area contributed by atoms with Crippen LogP contribution in [0.2, 0.25) is 10.0 Å². The number of ether oxygens (including phenoxy) is 1. The first kappa shape index (κ1) is 16.4. The Labute approximate surface area is 153 Å². The van der Waals surface area contributed by atoms with Gasteiger partial charge in [0, 0.05) is 0 Å². The molecule has 0 amide bonds. The Balaban J connectivity index is 1.65. The fraction of sp³-hybridized carbons (Fsp3) is 0.0714. The van der Waals surface area contributed by atoms with Crippen LogP contribution in [0.15, 0.2) is 38.5 Å². The third-order valence-electron chi connectivity index (χ3n) is 2.73. The average Bonchev–Trinajstić information content (AvgIpc) is 3.16. The Morgan fingerprint density at radius 1 is 1.22 bits per heavy atom. The number of aromatic nitrogens is 2. The van der Waals surface area contributed by atoms with E-state index < -0.39 is 5.97 Å². The SMILES string of the molecule is O=C(OCc1nnc(-c2ccc(Br)s2)o1)c1ccc(Cl)c(Cl)c1. The normalized spacial score (nSPS) is 10.7. The lowest BCUT2D eigenvalue weighted by atomic mass is 10.2. The zero-order valence-electron chi connectivity index (χ0n) is 11.3. The fourth-order valence-corrected chi connectivity index (χ4v) is 3.28. The van der Waals surface area contributed by atoms with E-state index in [2.05, 4.69) is 26.1 Å². The lowest BCUT2D eigenvalue weighted by Gasteiger charge is -2.03. The summed E-state index contributed by atoms with van der Waals surface area (Å²) in [5, 5.41) is 8.42. The molecule has 0 aliphatic heterocycles. The topological polar surface area (TPSA) is 65.2 Å². The van der Waals surface area contributed by atoms with Crippen molar-refractivity contribution in [1.82, 2.24) is 10.2 Å². The standard InChI is InChI=1S/C14H7BrCl2N2O3S/c15-11-4-3-10(23-11)13-19-18-12(22-13)6-21-14(20)7-1-2-8(16)9(17)5-7/h1-5H,6H2. The van der Waals surface area contributed by atoms with Gasteiger partial charge in [0.1, 0.15) is 0 Å². The van der Waals surface area contributed by atoms with Crippen molar-refractivity contribution in [2.24, 2.45) is 0 Å².